The van der Waals surface area contributed by atoms with Crippen molar-refractivity contribution in [3.05, 3.63) is 61.3 Å². The van der Waals surface area contributed by atoms with E-state index in [1.54, 1.807) is 13.3 Å². The lowest BCUT2D eigenvalue weighted by molar-refractivity contribution is 0.378. The van der Waals surface area contributed by atoms with Gasteiger partial charge in [-0.25, -0.2) is 15.0 Å². The number of rotatable bonds is 4. The van der Waals surface area contributed by atoms with Gasteiger partial charge in [0.2, 0.25) is 5.88 Å². The van der Waals surface area contributed by atoms with Crippen LogP contribution in [0.1, 0.15) is 18.9 Å². The summed E-state index contributed by atoms with van der Waals surface area (Å²) in [5.41, 5.74) is 7.41. The molecular weight excluding hydrogens is 400 g/mol. The second-order valence-corrected chi connectivity index (χ2v) is 8.26. The van der Waals surface area contributed by atoms with Crippen molar-refractivity contribution in [2.24, 2.45) is 0 Å². The van der Waals surface area contributed by atoms with Gasteiger partial charge in [0.15, 0.2) is 0 Å². The molecule has 0 bridgehead atoms. The highest BCUT2D eigenvalue weighted by atomic mass is 16.5. The number of aromatic amines is 1. The molecule has 6 rings (SSSR count). The Hall–Kier alpha value is -3.71. The second kappa shape index (κ2) is 7.76. The summed E-state index contributed by atoms with van der Waals surface area (Å²) in [6.07, 6.45) is 10.0. The number of aromatic nitrogens is 5. The van der Waals surface area contributed by atoms with Crippen LogP contribution in [0.25, 0.3) is 44.3 Å². The monoisotopic (exact) mass is 424 g/mol. The number of hydrogen-bond donors (Lipinski definition) is 2. The van der Waals surface area contributed by atoms with E-state index in [1.165, 1.54) is 18.4 Å². The first kappa shape index (κ1) is 19.0. The van der Waals surface area contributed by atoms with Gasteiger partial charge in [-0.2, -0.15) is 0 Å². The van der Waals surface area contributed by atoms with Gasteiger partial charge in [0.05, 0.1) is 24.5 Å². The highest BCUT2D eigenvalue weighted by molar-refractivity contribution is 5.97. The highest BCUT2D eigenvalue weighted by Gasteiger charge is 2.18. The molecule has 7 nitrogen and oxygen atoms in total. The molecule has 2 N–H and O–H groups in total. The Morgan fingerprint density at radius 2 is 2.00 bits per heavy atom. The molecule has 5 heterocycles. The minimum Gasteiger partial charge on any atom is -0.481 e. The Balaban J connectivity index is 1.44. The van der Waals surface area contributed by atoms with Crippen molar-refractivity contribution in [1.29, 1.82) is 0 Å². The molecule has 1 atom stereocenters. The predicted molar refractivity (Wildman–Crippen MR) is 126 cm³/mol. The van der Waals surface area contributed by atoms with Crippen LogP contribution in [0, 0.1) is 0 Å². The third-order valence-electron chi connectivity index (χ3n) is 6.36. The number of H-pyrrole nitrogens is 1. The topological polar surface area (TPSA) is 80.6 Å². The summed E-state index contributed by atoms with van der Waals surface area (Å²) >= 11 is 0. The molecule has 1 fully saturated rings. The fourth-order valence-corrected chi connectivity index (χ4v) is 4.66. The third-order valence-corrected chi connectivity index (χ3v) is 6.36. The zero-order valence-corrected chi connectivity index (χ0v) is 17.9. The molecule has 0 radical (unpaired) electrons. The SMILES string of the molecule is COc1cc(-c2cnc3[nH]cc(-c4ccc5ncn(C6CCCNC6)c5c4)c3c2)ccn1. The molecule has 1 aliphatic heterocycles. The van der Waals surface area contributed by atoms with Crippen molar-refractivity contribution >= 4 is 22.1 Å². The molecule has 4 aromatic heterocycles. The maximum atomic E-state index is 5.29. The first-order valence-electron chi connectivity index (χ1n) is 11.0. The van der Waals surface area contributed by atoms with E-state index in [0.717, 1.165) is 51.9 Å². The Kier molecular flexibility index (Phi) is 4.61. The van der Waals surface area contributed by atoms with Crippen LogP contribution in [0.4, 0.5) is 0 Å². The Morgan fingerprint density at radius 1 is 1.03 bits per heavy atom. The van der Waals surface area contributed by atoms with Crippen molar-refractivity contribution in [1.82, 2.24) is 29.8 Å². The smallest absolute Gasteiger partial charge is 0.213 e. The van der Waals surface area contributed by atoms with Crippen molar-refractivity contribution in [3.8, 4) is 28.1 Å². The lowest BCUT2D eigenvalue weighted by atomic mass is 10.0. The number of methoxy groups -OCH3 is 1. The summed E-state index contributed by atoms with van der Waals surface area (Å²) in [5.74, 6) is 0.591. The Bertz CT molecular complexity index is 1410. The minimum absolute atomic E-state index is 0.446. The number of nitrogens with zero attached hydrogens (tertiary/aromatic N) is 4. The molecule has 0 amide bonds. The number of imidazole rings is 1. The van der Waals surface area contributed by atoms with Gasteiger partial charge in [0.25, 0.3) is 0 Å². The average Bonchev–Trinajstić information content (AvgIpc) is 3.48. The summed E-state index contributed by atoms with van der Waals surface area (Å²) < 4.78 is 7.61. The van der Waals surface area contributed by atoms with Gasteiger partial charge in [-0.3, -0.25) is 0 Å². The maximum absolute atomic E-state index is 5.29. The lowest BCUT2D eigenvalue weighted by Crippen LogP contribution is -2.31. The molecule has 0 saturated carbocycles. The van der Waals surface area contributed by atoms with E-state index in [0.29, 0.717) is 11.9 Å². The standard InChI is InChI=1S/C25H24N6O/c1-32-24-11-16(6-8-27-24)18-9-20-21(14-29-25(20)28-12-18)17-4-5-22-23(10-17)31(15-30-22)19-3-2-7-26-13-19/h4-6,8-12,14-15,19,26H,2-3,7,13H2,1H3,(H,28,29). The summed E-state index contributed by atoms with van der Waals surface area (Å²) in [6, 6.07) is 13.0. The van der Waals surface area contributed by atoms with Crippen molar-refractivity contribution in [2.75, 3.05) is 20.2 Å². The zero-order chi connectivity index (χ0) is 21.5. The number of piperidine rings is 1. The molecule has 0 spiro atoms. The van der Waals surface area contributed by atoms with E-state index < -0.39 is 0 Å². The van der Waals surface area contributed by atoms with E-state index >= 15 is 0 Å². The fourth-order valence-electron chi connectivity index (χ4n) is 4.66. The molecule has 32 heavy (non-hydrogen) atoms. The fraction of sp³-hybridized carbons (Fsp3) is 0.240. The van der Waals surface area contributed by atoms with Gasteiger partial charge in [0.1, 0.15) is 5.65 Å². The van der Waals surface area contributed by atoms with Gasteiger partial charge in [-0.15, -0.1) is 0 Å². The van der Waals surface area contributed by atoms with Crippen LogP contribution >= 0.6 is 0 Å². The van der Waals surface area contributed by atoms with Crippen LogP contribution < -0.4 is 10.1 Å². The van der Waals surface area contributed by atoms with E-state index in [4.69, 9.17) is 4.74 Å². The van der Waals surface area contributed by atoms with Crippen LogP contribution in [0.5, 0.6) is 5.88 Å². The molecule has 1 aromatic carbocycles. The van der Waals surface area contributed by atoms with Gasteiger partial charge in [0, 0.05) is 53.8 Å². The zero-order valence-electron chi connectivity index (χ0n) is 17.9. The van der Waals surface area contributed by atoms with Gasteiger partial charge >= 0.3 is 0 Å². The maximum Gasteiger partial charge on any atom is 0.213 e. The molecule has 1 unspecified atom stereocenters. The van der Waals surface area contributed by atoms with Crippen LogP contribution in [0.15, 0.2) is 61.3 Å². The summed E-state index contributed by atoms with van der Waals surface area (Å²) in [6.45, 7) is 2.09. The van der Waals surface area contributed by atoms with Crippen molar-refractivity contribution in [2.45, 2.75) is 18.9 Å². The number of benzene rings is 1. The van der Waals surface area contributed by atoms with E-state index in [-0.39, 0.29) is 0 Å². The number of nitrogens with one attached hydrogen (secondary N) is 2. The molecule has 1 aliphatic rings. The summed E-state index contributed by atoms with van der Waals surface area (Å²) in [4.78, 5) is 16.8. The van der Waals surface area contributed by atoms with Gasteiger partial charge < -0.3 is 19.6 Å². The first-order chi connectivity index (χ1) is 15.8. The minimum atomic E-state index is 0.446. The average molecular weight is 425 g/mol. The third kappa shape index (κ3) is 3.22. The van der Waals surface area contributed by atoms with E-state index in [9.17, 15) is 0 Å². The molecule has 160 valence electrons. The molecule has 1 saturated heterocycles. The largest absolute Gasteiger partial charge is 0.481 e. The van der Waals surface area contributed by atoms with Crippen LogP contribution in [0.3, 0.4) is 0 Å². The normalized spacial score (nSPS) is 16.6. The molecular formula is C25H24N6O. The van der Waals surface area contributed by atoms with E-state index in [2.05, 4.69) is 54.1 Å². The molecule has 7 heteroatoms. The first-order valence-corrected chi connectivity index (χ1v) is 11.0. The molecule has 5 aromatic rings. The predicted octanol–water partition coefficient (Wildman–Crippen LogP) is 4.57. The molecule has 0 aliphatic carbocycles. The van der Waals surface area contributed by atoms with Crippen molar-refractivity contribution in [3.63, 3.8) is 0 Å². The Labute approximate surface area is 185 Å². The van der Waals surface area contributed by atoms with E-state index in [1.807, 2.05) is 30.9 Å². The summed E-state index contributed by atoms with van der Waals surface area (Å²) in [5, 5.41) is 4.59. The number of hydrogen-bond acceptors (Lipinski definition) is 5. The van der Waals surface area contributed by atoms with Gasteiger partial charge in [-0.05, 0) is 54.8 Å². The second-order valence-electron chi connectivity index (χ2n) is 8.26. The van der Waals surface area contributed by atoms with Crippen LogP contribution in [-0.2, 0) is 0 Å². The number of pyridine rings is 2. The summed E-state index contributed by atoms with van der Waals surface area (Å²) in [7, 11) is 1.63. The van der Waals surface area contributed by atoms with Crippen molar-refractivity contribution < 1.29 is 4.74 Å². The van der Waals surface area contributed by atoms with Crippen LogP contribution in [0.2, 0.25) is 0 Å². The lowest BCUT2D eigenvalue weighted by Gasteiger charge is -2.24. The van der Waals surface area contributed by atoms with Crippen LogP contribution in [-0.4, -0.2) is 44.7 Å². The quantitative estimate of drug-likeness (QED) is 0.442. The number of ether oxygens (including phenoxy) is 1. The number of fused-ring (bicyclic) bond motifs is 2. The highest BCUT2D eigenvalue weighted by Crippen LogP contribution is 2.33. The Morgan fingerprint density at radius 3 is 2.88 bits per heavy atom. The van der Waals surface area contributed by atoms with Gasteiger partial charge in [-0.1, -0.05) is 6.07 Å².